The van der Waals surface area contributed by atoms with E-state index in [2.05, 4.69) is 10.2 Å². The number of amides is 1. The number of nitrogens with one attached hydrogen (secondary N) is 1. The molecule has 202 valence electrons. The van der Waals surface area contributed by atoms with Crippen LogP contribution in [0.1, 0.15) is 24.1 Å². The normalized spacial score (nSPS) is 21.0. The largest absolute Gasteiger partial charge is 0.497 e. The third-order valence-electron chi connectivity index (χ3n) is 6.91. The van der Waals surface area contributed by atoms with E-state index in [1.54, 1.807) is 32.2 Å². The van der Waals surface area contributed by atoms with Gasteiger partial charge in [-0.2, -0.15) is 0 Å². The number of aliphatic imine (C=N–C) groups is 1. The number of ether oxygens (including phenoxy) is 5. The molecule has 1 saturated heterocycles. The van der Waals surface area contributed by atoms with Crippen LogP contribution in [0.25, 0.3) is 0 Å². The van der Waals surface area contributed by atoms with E-state index in [9.17, 15) is 9.59 Å². The van der Waals surface area contributed by atoms with Crippen LogP contribution in [-0.2, 0) is 20.9 Å². The number of hydrogen-bond acceptors (Lipinski definition) is 10. The molecule has 38 heavy (non-hydrogen) atoms. The van der Waals surface area contributed by atoms with Gasteiger partial charge in [-0.25, -0.2) is 4.99 Å². The average Bonchev–Trinajstić information content (AvgIpc) is 3.40. The highest BCUT2D eigenvalue weighted by molar-refractivity contribution is 6.08. The van der Waals surface area contributed by atoms with Crippen molar-refractivity contribution in [2.45, 2.75) is 19.5 Å². The number of esters is 1. The first kappa shape index (κ1) is 25.7. The number of piperazine rings is 1. The summed E-state index contributed by atoms with van der Waals surface area (Å²) in [6.07, 6.45) is 0. The van der Waals surface area contributed by atoms with Crippen LogP contribution in [0.3, 0.4) is 0 Å². The molecule has 0 aliphatic carbocycles. The molecule has 0 spiro atoms. The van der Waals surface area contributed by atoms with Gasteiger partial charge >= 0.3 is 5.97 Å². The topological polar surface area (TPSA) is 111 Å². The minimum atomic E-state index is -1.13. The highest BCUT2D eigenvalue weighted by Crippen LogP contribution is 2.38. The SMILES string of the molecule is CCOC(=O)[C@H]1C(=O)NC(N2CCN(Cc3ccc4c(c3)OCO4)CC2)=N[C@@H]1c1ccc(OC)cc1OC. The zero-order valence-electron chi connectivity index (χ0n) is 21.8. The Morgan fingerprint density at radius 2 is 1.84 bits per heavy atom. The van der Waals surface area contributed by atoms with Crippen LogP contribution in [0.15, 0.2) is 41.4 Å². The molecule has 2 atom stereocenters. The van der Waals surface area contributed by atoms with Crippen LogP contribution in [-0.4, -0.2) is 81.4 Å². The lowest BCUT2D eigenvalue weighted by Gasteiger charge is -2.39. The summed E-state index contributed by atoms with van der Waals surface area (Å²) >= 11 is 0. The molecule has 11 heteroatoms. The van der Waals surface area contributed by atoms with Gasteiger partial charge in [-0.05, 0) is 36.8 Å². The minimum Gasteiger partial charge on any atom is -0.497 e. The number of fused-ring (bicyclic) bond motifs is 1. The van der Waals surface area contributed by atoms with E-state index in [1.807, 2.05) is 23.1 Å². The Morgan fingerprint density at radius 1 is 1.05 bits per heavy atom. The van der Waals surface area contributed by atoms with E-state index >= 15 is 0 Å². The lowest BCUT2D eigenvalue weighted by atomic mass is 9.90. The fourth-order valence-corrected chi connectivity index (χ4v) is 4.93. The van der Waals surface area contributed by atoms with Crippen molar-refractivity contribution < 1.29 is 33.3 Å². The van der Waals surface area contributed by atoms with Gasteiger partial charge in [-0.3, -0.25) is 19.8 Å². The summed E-state index contributed by atoms with van der Waals surface area (Å²) in [4.78, 5) is 35.3. The van der Waals surface area contributed by atoms with Gasteiger partial charge in [-0.1, -0.05) is 6.07 Å². The maximum absolute atomic E-state index is 13.3. The van der Waals surface area contributed by atoms with Crippen LogP contribution in [0.2, 0.25) is 0 Å². The van der Waals surface area contributed by atoms with Crippen molar-refractivity contribution in [3.63, 3.8) is 0 Å². The van der Waals surface area contributed by atoms with Crippen molar-refractivity contribution in [2.24, 2.45) is 10.9 Å². The molecule has 3 heterocycles. The molecule has 2 aromatic carbocycles. The molecule has 0 bridgehead atoms. The zero-order chi connectivity index (χ0) is 26.6. The smallest absolute Gasteiger partial charge is 0.321 e. The molecular formula is C27H32N4O7. The van der Waals surface area contributed by atoms with E-state index in [0.717, 1.165) is 36.7 Å². The summed E-state index contributed by atoms with van der Waals surface area (Å²) in [5.41, 5.74) is 1.76. The highest BCUT2D eigenvalue weighted by Gasteiger charge is 2.43. The number of benzene rings is 2. The van der Waals surface area contributed by atoms with Gasteiger partial charge in [0.05, 0.1) is 20.8 Å². The molecule has 0 aromatic heterocycles. The number of carbonyl (C=O) groups is 2. The number of guanidine groups is 1. The second-order valence-electron chi connectivity index (χ2n) is 9.18. The van der Waals surface area contributed by atoms with E-state index in [-0.39, 0.29) is 13.4 Å². The second-order valence-corrected chi connectivity index (χ2v) is 9.18. The molecule has 5 rings (SSSR count). The van der Waals surface area contributed by atoms with Gasteiger partial charge in [0.25, 0.3) is 0 Å². The fraction of sp³-hybridized carbons (Fsp3) is 0.444. The summed E-state index contributed by atoms with van der Waals surface area (Å²) < 4.78 is 27.0. The van der Waals surface area contributed by atoms with Crippen LogP contribution in [0, 0.1) is 5.92 Å². The zero-order valence-corrected chi connectivity index (χ0v) is 21.8. The first-order valence-corrected chi connectivity index (χ1v) is 12.6. The van der Waals surface area contributed by atoms with Crippen LogP contribution in [0.5, 0.6) is 23.0 Å². The molecule has 2 aromatic rings. The molecule has 3 aliphatic rings. The Hall–Kier alpha value is -3.99. The van der Waals surface area contributed by atoms with Gasteiger partial charge in [0.15, 0.2) is 17.4 Å². The molecule has 1 amide bonds. The van der Waals surface area contributed by atoms with Gasteiger partial charge in [0.2, 0.25) is 18.7 Å². The van der Waals surface area contributed by atoms with E-state index < -0.39 is 23.8 Å². The van der Waals surface area contributed by atoms with Crippen LogP contribution < -0.4 is 24.3 Å². The highest BCUT2D eigenvalue weighted by atomic mass is 16.7. The maximum atomic E-state index is 13.3. The Kier molecular flexibility index (Phi) is 7.54. The van der Waals surface area contributed by atoms with Gasteiger partial charge in [-0.15, -0.1) is 0 Å². The molecule has 0 saturated carbocycles. The first-order valence-electron chi connectivity index (χ1n) is 12.6. The molecule has 1 fully saturated rings. The number of rotatable bonds is 7. The molecule has 0 radical (unpaired) electrons. The van der Waals surface area contributed by atoms with Crippen LogP contribution >= 0.6 is 0 Å². The Balaban J connectivity index is 1.34. The fourth-order valence-electron chi connectivity index (χ4n) is 4.93. The van der Waals surface area contributed by atoms with Gasteiger partial charge < -0.3 is 28.6 Å². The Morgan fingerprint density at radius 3 is 2.58 bits per heavy atom. The van der Waals surface area contributed by atoms with Gasteiger partial charge in [0, 0.05) is 44.4 Å². The molecule has 1 N–H and O–H groups in total. The average molecular weight is 525 g/mol. The van der Waals surface area contributed by atoms with Crippen molar-refractivity contribution in [1.82, 2.24) is 15.1 Å². The van der Waals surface area contributed by atoms with Crippen LogP contribution in [0.4, 0.5) is 0 Å². The van der Waals surface area contributed by atoms with E-state index in [0.29, 0.717) is 36.1 Å². The summed E-state index contributed by atoms with van der Waals surface area (Å²) in [5.74, 6) is 0.874. The predicted molar refractivity (Wildman–Crippen MR) is 137 cm³/mol. The van der Waals surface area contributed by atoms with Crippen molar-refractivity contribution in [3.8, 4) is 23.0 Å². The predicted octanol–water partition coefficient (Wildman–Crippen LogP) is 1.96. The number of carbonyl (C=O) groups excluding carboxylic acids is 2. The summed E-state index contributed by atoms with van der Waals surface area (Å²) in [6.45, 7) is 5.80. The van der Waals surface area contributed by atoms with E-state index in [4.69, 9.17) is 28.7 Å². The lowest BCUT2D eigenvalue weighted by molar-refractivity contribution is -0.153. The monoisotopic (exact) mass is 524 g/mol. The van der Waals surface area contributed by atoms with Crippen molar-refractivity contribution >= 4 is 17.8 Å². The molecular weight excluding hydrogens is 492 g/mol. The first-order chi connectivity index (χ1) is 18.5. The summed E-state index contributed by atoms with van der Waals surface area (Å²) in [7, 11) is 3.09. The molecule has 11 nitrogen and oxygen atoms in total. The van der Waals surface area contributed by atoms with Gasteiger partial charge in [0.1, 0.15) is 17.5 Å². The van der Waals surface area contributed by atoms with E-state index in [1.165, 1.54) is 7.11 Å². The van der Waals surface area contributed by atoms with Crippen molar-refractivity contribution in [3.05, 3.63) is 47.5 Å². The molecule has 0 unspecified atom stereocenters. The van der Waals surface area contributed by atoms with Crippen molar-refractivity contribution in [1.29, 1.82) is 0 Å². The third-order valence-corrected chi connectivity index (χ3v) is 6.91. The Labute approximate surface area is 221 Å². The van der Waals surface area contributed by atoms with Crippen molar-refractivity contribution in [2.75, 3.05) is 53.8 Å². The third kappa shape index (κ3) is 5.19. The number of nitrogens with zero attached hydrogens (tertiary/aromatic N) is 3. The number of methoxy groups -OCH3 is 2. The standard InChI is InChI=1S/C27H32N4O7/c1-4-36-26(33)23-24(19-7-6-18(34-2)14-21(19)35-3)28-27(29-25(23)32)31-11-9-30(10-12-31)15-17-5-8-20-22(13-17)38-16-37-20/h5-8,13-14,23-24H,4,9-12,15-16H2,1-3H3,(H,28,29,32)/t23-,24-/m1/s1. The maximum Gasteiger partial charge on any atom is 0.321 e. The quantitative estimate of drug-likeness (QED) is 0.429. The molecule has 3 aliphatic heterocycles. The lowest BCUT2D eigenvalue weighted by Crippen LogP contribution is -2.57. The Bertz CT molecular complexity index is 1230. The second kappa shape index (κ2) is 11.2. The number of hydrogen-bond donors (Lipinski definition) is 1. The minimum absolute atomic E-state index is 0.164. The summed E-state index contributed by atoms with van der Waals surface area (Å²) in [6, 6.07) is 10.5. The summed E-state index contributed by atoms with van der Waals surface area (Å²) in [5, 5.41) is 2.85.